The number of benzene rings is 1. The predicted octanol–water partition coefficient (Wildman–Crippen LogP) is 0.705. The van der Waals surface area contributed by atoms with Crippen LogP contribution < -0.4 is 20.7 Å². The van der Waals surface area contributed by atoms with Gasteiger partial charge in [0.05, 0.1) is 19.7 Å². The Balaban J connectivity index is 1.30. The number of anilines is 2. The zero-order valence-corrected chi connectivity index (χ0v) is 16.1. The summed E-state index contributed by atoms with van der Waals surface area (Å²) in [7, 11) is 0. The van der Waals surface area contributed by atoms with Gasteiger partial charge in [-0.2, -0.15) is 0 Å². The number of hydrogen-bond donors (Lipinski definition) is 2. The van der Waals surface area contributed by atoms with E-state index in [9.17, 15) is 14.4 Å². The highest BCUT2D eigenvalue weighted by molar-refractivity contribution is 5.96. The number of hydrogen-bond acceptors (Lipinski definition) is 7. The van der Waals surface area contributed by atoms with Gasteiger partial charge in [-0.3, -0.25) is 24.9 Å². The first-order chi connectivity index (χ1) is 14.6. The van der Waals surface area contributed by atoms with Crippen molar-refractivity contribution in [3.63, 3.8) is 0 Å². The molecular formula is C20H21N5O5. The Bertz CT molecular complexity index is 921. The number of rotatable bonds is 6. The Morgan fingerprint density at radius 1 is 1.07 bits per heavy atom. The standard InChI is InChI=1S/C20H21N5O5/c26-18-13-29-10-9-24(18)15-1-3-16(4-2-15)25-12-17(30-20(25)28)11-22-23-19(27)14-5-7-21-8-6-14/h1-8,17,22H,9-13H2,(H,23,27)/t17-/m0/s1. The number of ether oxygens (including phenoxy) is 2. The Hall–Kier alpha value is -3.50. The fourth-order valence-electron chi connectivity index (χ4n) is 3.26. The van der Waals surface area contributed by atoms with Crippen molar-refractivity contribution in [1.29, 1.82) is 0 Å². The van der Waals surface area contributed by atoms with E-state index in [1.165, 1.54) is 17.3 Å². The molecule has 2 N–H and O–H groups in total. The van der Waals surface area contributed by atoms with E-state index >= 15 is 0 Å². The van der Waals surface area contributed by atoms with Gasteiger partial charge in [0.2, 0.25) is 0 Å². The van der Waals surface area contributed by atoms with Gasteiger partial charge in [0.1, 0.15) is 12.7 Å². The van der Waals surface area contributed by atoms with E-state index < -0.39 is 12.2 Å². The van der Waals surface area contributed by atoms with Crippen LogP contribution in [-0.2, 0) is 14.3 Å². The molecule has 3 heterocycles. The van der Waals surface area contributed by atoms with Gasteiger partial charge in [-0.1, -0.05) is 0 Å². The summed E-state index contributed by atoms with van der Waals surface area (Å²) in [5.41, 5.74) is 7.27. The summed E-state index contributed by atoms with van der Waals surface area (Å²) in [5.74, 6) is -0.388. The van der Waals surface area contributed by atoms with Crippen LogP contribution >= 0.6 is 0 Å². The average molecular weight is 411 g/mol. The van der Waals surface area contributed by atoms with E-state index in [1.54, 1.807) is 41.3 Å². The van der Waals surface area contributed by atoms with Gasteiger partial charge in [-0.25, -0.2) is 10.2 Å². The molecule has 1 aromatic carbocycles. The highest BCUT2D eigenvalue weighted by Crippen LogP contribution is 2.25. The summed E-state index contributed by atoms with van der Waals surface area (Å²) in [6, 6.07) is 10.4. The Morgan fingerprint density at radius 3 is 2.47 bits per heavy atom. The van der Waals surface area contributed by atoms with E-state index in [0.717, 1.165) is 5.69 Å². The Morgan fingerprint density at radius 2 is 1.77 bits per heavy atom. The first-order valence-corrected chi connectivity index (χ1v) is 9.51. The zero-order valence-electron chi connectivity index (χ0n) is 16.1. The quantitative estimate of drug-likeness (QED) is 0.673. The lowest BCUT2D eigenvalue weighted by Gasteiger charge is -2.27. The molecule has 2 saturated heterocycles. The smallest absolute Gasteiger partial charge is 0.414 e. The maximum Gasteiger partial charge on any atom is 0.414 e. The van der Waals surface area contributed by atoms with Crippen molar-refractivity contribution in [2.45, 2.75) is 6.10 Å². The molecule has 0 saturated carbocycles. The van der Waals surface area contributed by atoms with Crippen LogP contribution in [0.3, 0.4) is 0 Å². The third-order valence-electron chi connectivity index (χ3n) is 4.81. The van der Waals surface area contributed by atoms with Gasteiger partial charge in [0, 0.05) is 35.9 Å². The molecule has 30 heavy (non-hydrogen) atoms. The highest BCUT2D eigenvalue weighted by atomic mass is 16.6. The minimum absolute atomic E-state index is 0.0760. The summed E-state index contributed by atoms with van der Waals surface area (Å²) in [6.07, 6.45) is 2.19. The maximum absolute atomic E-state index is 12.2. The van der Waals surface area contributed by atoms with Crippen LogP contribution in [0.4, 0.5) is 16.2 Å². The maximum atomic E-state index is 12.2. The molecule has 2 aliphatic heterocycles. The molecule has 2 fully saturated rings. The molecule has 4 rings (SSSR count). The van der Waals surface area contributed by atoms with E-state index in [1.807, 2.05) is 0 Å². The molecule has 0 radical (unpaired) electrons. The van der Waals surface area contributed by atoms with Crippen molar-refractivity contribution >= 4 is 29.3 Å². The van der Waals surface area contributed by atoms with Crippen LogP contribution in [0.2, 0.25) is 0 Å². The molecule has 0 unspecified atom stereocenters. The van der Waals surface area contributed by atoms with Crippen molar-refractivity contribution in [3.05, 3.63) is 54.4 Å². The summed E-state index contributed by atoms with van der Waals surface area (Å²) >= 11 is 0. The van der Waals surface area contributed by atoms with Gasteiger partial charge >= 0.3 is 6.09 Å². The molecule has 0 aliphatic carbocycles. The van der Waals surface area contributed by atoms with E-state index in [2.05, 4.69) is 15.8 Å². The third kappa shape index (κ3) is 4.39. The van der Waals surface area contributed by atoms with Crippen LogP contribution in [0, 0.1) is 0 Å². The molecule has 156 valence electrons. The Kier molecular flexibility index (Phi) is 5.87. The number of carbonyl (C=O) groups excluding carboxylic acids is 3. The summed E-state index contributed by atoms with van der Waals surface area (Å²) in [5, 5.41) is 0. The molecule has 0 bridgehead atoms. The minimum Gasteiger partial charge on any atom is -0.442 e. The number of pyridine rings is 1. The van der Waals surface area contributed by atoms with E-state index in [4.69, 9.17) is 9.47 Å². The molecule has 10 nitrogen and oxygen atoms in total. The van der Waals surface area contributed by atoms with Crippen molar-refractivity contribution in [2.75, 3.05) is 42.6 Å². The van der Waals surface area contributed by atoms with E-state index in [-0.39, 0.29) is 25.0 Å². The number of carbonyl (C=O) groups is 3. The minimum atomic E-state index is -0.461. The van der Waals surface area contributed by atoms with Crippen molar-refractivity contribution in [1.82, 2.24) is 15.8 Å². The molecule has 1 atom stereocenters. The van der Waals surface area contributed by atoms with Crippen LogP contribution in [0.5, 0.6) is 0 Å². The number of nitrogens with one attached hydrogen (secondary N) is 2. The lowest BCUT2D eigenvalue weighted by atomic mass is 10.2. The molecule has 3 amide bonds. The second-order valence-electron chi connectivity index (χ2n) is 6.80. The monoisotopic (exact) mass is 411 g/mol. The number of amides is 3. The molecule has 10 heteroatoms. The van der Waals surface area contributed by atoms with Gasteiger partial charge in [0.15, 0.2) is 0 Å². The SMILES string of the molecule is O=C(NNC[C@H]1CN(c2ccc(N3CCOCC3=O)cc2)C(=O)O1)c1ccncc1. The highest BCUT2D eigenvalue weighted by Gasteiger charge is 2.32. The summed E-state index contributed by atoms with van der Waals surface area (Å²) < 4.78 is 10.5. The Labute approximate surface area is 172 Å². The second-order valence-corrected chi connectivity index (χ2v) is 6.80. The van der Waals surface area contributed by atoms with Crippen molar-refractivity contribution in [2.24, 2.45) is 0 Å². The molecule has 1 aromatic heterocycles. The van der Waals surface area contributed by atoms with E-state index in [0.29, 0.717) is 30.9 Å². The average Bonchev–Trinajstić information content (AvgIpc) is 3.15. The van der Waals surface area contributed by atoms with Gasteiger partial charge in [0.25, 0.3) is 11.8 Å². The summed E-state index contributed by atoms with van der Waals surface area (Å²) in [6.45, 7) is 1.68. The van der Waals surface area contributed by atoms with Gasteiger partial charge in [-0.15, -0.1) is 0 Å². The predicted molar refractivity (Wildman–Crippen MR) is 107 cm³/mol. The molecule has 2 aromatic rings. The normalized spacial score (nSPS) is 19.0. The largest absolute Gasteiger partial charge is 0.442 e. The fourth-order valence-corrected chi connectivity index (χ4v) is 3.26. The zero-order chi connectivity index (χ0) is 20.9. The molecule has 2 aliphatic rings. The number of cyclic esters (lactones) is 1. The first-order valence-electron chi connectivity index (χ1n) is 9.51. The van der Waals surface area contributed by atoms with Crippen molar-refractivity contribution < 1.29 is 23.9 Å². The third-order valence-corrected chi connectivity index (χ3v) is 4.81. The van der Waals surface area contributed by atoms with Crippen LogP contribution in [0.25, 0.3) is 0 Å². The topological polar surface area (TPSA) is 113 Å². The first kappa shape index (κ1) is 19.8. The molecule has 0 spiro atoms. The number of hydrazine groups is 1. The van der Waals surface area contributed by atoms with Crippen LogP contribution in [-0.4, -0.2) is 61.8 Å². The van der Waals surface area contributed by atoms with Gasteiger partial charge < -0.3 is 14.4 Å². The number of aromatic nitrogens is 1. The summed E-state index contributed by atoms with van der Waals surface area (Å²) in [4.78, 5) is 43.2. The lowest BCUT2D eigenvalue weighted by Crippen LogP contribution is -2.42. The lowest BCUT2D eigenvalue weighted by molar-refractivity contribution is -0.125. The second kappa shape index (κ2) is 8.89. The van der Waals surface area contributed by atoms with Crippen LogP contribution in [0.15, 0.2) is 48.8 Å². The number of morpholine rings is 1. The molecular weight excluding hydrogens is 390 g/mol. The van der Waals surface area contributed by atoms with Crippen molar-refractivity contribution in [3.8, 4) is 0 Å². The van der Waals surface area contributed by atoms with Crippen LogP contribution in [0.1, 0.15) is 10.4 Å². The van der Waals surface area contributed by atoms with Gasteiger partial charge in [-0.05, 0) is 36.4 Å². The number of nitrogens with zero attached hydrogens (tertiary/aromatic N) is 3. The fraction of sp³-hybridized carbons (Fsp3) is 0.300.